The predicted molar refractivity (Wildman–Crippen MR) is 124 cm³/mol. The molecule has 0 fully saturated rings. The van der Waals surface area contributed by atoms with Crippen molar-refractivity contribution in [3.05, 3.63) is 88.4 Å². The monoisotopic (exact) mass is 450 g/mol. The molecule has 1 amide bonds. The molecule has 0 radical (unpaired) electrons. The fraction of sp³-hybridized carbons (Fsp3) is 0.174. The highest BCUT2D eigenvalue weighted by molar-refractivity contribution is 7.99. The van der Waals surface area contributed by atoms with E-state index in [1.807, 2.05) is 46.3 Å². The molecule has 0 spiro atoms. The maximum Gasteiger partial charge on any atom is 0.231 e. The van der Waals surface area contributed by atoms with Crippen LogP contribution < -0.4 is 10.1 Å². The summed E-state index contributed by atoms with van der Waals surface area (Å²) in [4.78, 5) is 13.9. The Bertz CT molecular complexity index is 1140. The van der Waals surface area contributed by atoms with E-state index in [9.17, 15) is 4.79 Å². The lowest BCUT2D eigenvalue weighted by molar-refractivity contribution is -0.119. The Morgan fingerprint density at radius 1 is 1.19 bits per heavy atom. The second kappa shape index (κ2) is 9.80. The van der Waals surface area contributed by atoms with Crippen LogP contribution in [0.4, 0.5) is 0 Å². The third-order valence-electron chi connectivity index (χ3n) is 4.72. The van der Waals surface area contributed by atoms with E-state index in [1.165, 1.54) is 17.3 Å². The number of nitrogens with zero attached hydrogens (tertiary/aromatic N) is 3. The number of aromatic nitrogens is 3. The Morgan fingerprint density at radius 3 is 2.77 bits per heavy atom. The lowest BCUT2D eigenvalue weighted by atomic mass is 10.0. The number of aryl methyl sites for hydroxylation is 1. The van der Waals surface area contributed by atoms with Gasteiger partial charge in [0.25, 0.3) is 0 Å². The van der Waals surface area contributed by atoms with Crippen LogP contribution in [-0.2, 0) is 4.79 Å². The van der Waals surface area contributed by atoms with Gasteiger partial charge in [-0.15, -0.1) is 21.5 Å². The van der Waals surface area contributed by atoms with E-state index < -0.39 is 0 Å². The van der Waals surface area contributed by atoms with Crippen LogP contribution in [0, 0.1) is 6.92 Å². The highest BCUT2D eigenvalue weighted by atomic mass is 32.2. The summed E-state index contributed by atoms with van der Waals surface area (Å²) in [6, 6.07) is 19.7. The Balaban J connectivity index is 1.46. The molecule has 158 valence electrons. The molecule has 1 N–H and O–H groups in total. The second-order valence-corrected chi connectivity index (χ2v) is 8.82. The van der Waals surface area contributed by atoms with Gasteiger partial charge < -0.3 is 10.1 Å². The van der Waals surface area contributed by atoms with E-state index in [-0.39, 0.29) is 17.7 Å². The lowest BCUT2D eigenvalue weighted by Gasteiger charge is -2.18. The fourth-order valence-electron chi connectivity index (χ4n) is 3.13. The summed E-state index contributed by atoms with van der Waals surface area (Å²) in [5, 5.41) is 14.0. The Labute approximate surface area is 189 Å². The number of hydrogen-bond acceptors (Lipinski definition) is 6. The maximum atomic E-state index is 12.8. The molecule has 2 aromatic carbocycles. The number of carbonyl (C=O) groups is 1. The summed E-state index contributed by atoms with van der Waals surface area (Å²) < 4.78 is 7.14. The Morgan fingerprint density at radius 2 is 2.03 bits per heavy atom. The normalized spacial score (nSPS) is 11.8. The summed E-state index contributed by atoms with van der Waals surface area (Å²) in [6.45, 7) is 2.05. The van der Waals surface area contributed by atoms with Crippen molar-refractivity contribution in [2.45, 2.75) is 18.1 Å². The van der Waals surface area contributed by atoms with Gasteiger partial charge in [-0.3, -0.25) is 9.36 Å². The predicted octanol–water partition coefficient (Wildman–Crippen LogP) is 4.64. The van der Waals surface area contributed by atoms with Crippen molar-refractivity contribution < 1.29 is 9.53 Å². The van der Waals surface area contributed by atoms with E-state index in [2.05, 4.69) is 46.7 Å². The zero-order chi connectivity index (χ0) is 21.6. The van der Waals surface area contributed by atoms with Crippen LogP contribution in [0.5, 0.6) is 5.75 Å². The zero-order valence-corrected chi connectivity index (χ0v) is 18.8. The van der Waals surface area contributed by atoms with Crippen LogP contribution in [0.1, 0.15) is 22.0 Å². The fourth-order valence-corrected chi connectivity index (χ4v) is 4.67. The van der Waals surface area contributed by atoms with Gasteiger partial charge in [0.05, 0.1) is 24.6 Å². The topological polar surface area (TPSA) is 69.0 Å². The molecule has 0 aliphatic heterocycles. The third-order valence-corrected chi connectivity index (χ3v) is 6.60. The number of thioether (sulfide) groups is 1. The van der Waals surface area contributed by atoms with Crippen molar-refractivity contribution in [2.24, 2.45) is 0 Å². The van der Waals surface area contributed by atoms with Gasteiger partial charge in [-0.05, 0) is 36.1 Å². The highest BCUT2D eigenvalue weighted by Crippen LogP contribution is 2.27. The minimum absolute atomic E-state index is 0.0656. The molecular weight excluding hydrogens is 428 g/mol. The first kappa shape index (κ1) is 21.1. The molecule has 6 nitrogen and oxygen atoms in total. The smallest absolute Gasteiger partial charge is 0.231 e. The van der Waals surface area contributed by atoms with Gasteiger partial charge in [0.1, 0.15) is 12.1 Å². The molecular formula is C23H22N4O2S2. The van der Waals surface area contributed by atoms with Crippen molar-refractivity contribution in [2.75, 3.05) is 12.9 Å². The van der Waals surface area contributed by atoms with Crippen LogP contribution in [0.3, 0.4) is 0 Å². The molecule has 0 saturated carbocycles. The number of amides is 1. The maximum absolute atomic E-state index is 12.8. The molecule has 2 aromatic heterocycles. The van der Waals surface area contributed by atoms with Crippen LogP contribution in [0.15, 0.2) is 77.5 Å². The summed E-state index contributed by atoms with van der Waals surface area (Å²) in [5.74, 6) is 0.914. The van der Waals surface area contributed by atoms with Crippen LogP contribution in [0.25, 0.3) is 5.69 Å². The highest BCUT2D eigenvalue weighted by Gasteiger charge is 2.19. The van der Waals surface area contributed by atoms with Gasteiger partial charge in [-0.25, -0.2) is 0 Å². The molecule has 0 saturated heterocycles. The summed E-state index contributed by atoms with van der Waals surface area (Å²) >= 11 is 2.98. The minimum atomic E-state index is -0.176. The number of methoxy groups -OCH3 is 1. The molecule has 0 aliphatic rings. The second-order valence-electron chi connectivity index (χ2n) is 6.90. The van der Waals surface area contributed by atoms with Crippen LogP contribution in [-0.4, -0.2) is 33.5 Å². The molecule has 0 bridgehead atoms. The van der Waals surface area contributed by atoms with E-state index in [1.54, 1.807) is 24.8 Å². The molecule has 8 heteroatoms. The van der Waals surface area contributed by atoms with E-state index in [0.717, 1.165) is 21.9 Å². The van der Waals surface area contributed by atoms with Gasteiger partial charge in [0, 0.05) is 10.9 Å². The molecule has 0 unspecified atom stereocenters. The lowest BCUT2D eigenvalue weighted by Crippen LogP contribution is -2.30. The quantitative estimate of drug-likeness (QED) is 0.396. The van der Waals surface area contributed by atoms with E-state index in [4.69, 9.17) is 4.74 Å². The van der Waals surface area contributed by atoms with Crippen molar-refractivity contribution in [3.8, 4) is 11.4 Å². The molecule has 1 atom stereocenters. The largest absolute Gasteiger partial charge is 0.497 e. The Kier molecular flexibility index (Phi) is 6.69. The van der Waals surface area contributed by atoms with Gasteiger partial charge in [0.15, 0.2) is 5.16 Å². The third kappa shape index (κ3) is 5.15. The number of benzene rings is 2. The summed E-state index contributed by atoms with van der Waals surface area (Å²) in [7, 11) is 1.63. The van der Waals surface area contributed by atoms with Crippen molar-refractivity contribution in [1.29, 1.82) is 0 Å². The number of nitrogens with one attached hydrogen (secondary N) is 1. The molecule has 31 heavy (non-hydrogen) atoms. The van der Waals surface area contributed by atoms with Crippen molar-refractivity contribution >= 4 is 29.0 Å². The molecule has 2 heterocycles. The van der Waals surface area contributed by atoms with Crippen LogP contribution >= 0.6 is 23.1 Å². The van der Waals surface area contributed by atoms with E-state index >= 15 is 0 Å². The summed E-state index contributed by atoms with van der Waals surface area (Å²) in [6.07, 6.45) is 1.63. The first-order valence-electron chi connectivity index (χ1n) is 9.70. The van der Waals surface area contributed by atoms with Gasteiger partial charge in [0.2, 0.25) is 5.91 Å². The van der Waals surface area contributed by atoms with Gasteiger partial charge in [-0.2, -0.15) is 0 Å². The minimum Gasteiger partial charge on any atom is -0.497 e. The number of carbonyl (C=O) groups excluding carboxylic acids is 1. The first-order chi connectivity index (χ1) is 15.1. The zero-order valence-electron chi connectivity index (χ0n) is 17.2. The van der Waals surface area contributed by atoms with Crippen LogP contribution in [0.2, 0.25) is 0 Å². The number of ether oxygens (including phenoxy) is 1. The van der Waals surface area contributed by atoms with Gasteiger partial charge in [-0.1, -0.05) is 53.7 Å². The van der Waals surface area contributed by atoms with Crippen molar-refractivity contribution in [3.63, 3.8) is 0 Å². The summed E-state index contributed by atoms with van der Waals surface area (Å²) in [5.41, 5.74) is 3.13. The van der Waals surface area contributed by atoms with E-state index in [0.29, 0.717) is 5.16 Å². The Hall–Kier alpha value is -3.10. The first-order valence-corrected chi connectivity index (χ1v) is 11.6. The average molecular weight is 451 g/mol. The molecule has 0 aliphatic carbocycles. The number of rotatable bonds is 8. The number of thiophene rings is 1. The molecule has 4 aromatic rings. The van der Waals surface area contributed by atoms with Gasteiger partial charge >= 0.3 is 0 Å². The standard InChI is InChI=1S/C23H22N4O2S2/c1-16-8-10-17(11-9-16)22(20-7-4-12-30-20)25-21(28)14-31-23-26-24-15-27(23)18-5-3-6-19(13-18)29-2/h3-13,15,22H,14H2,1-2H3,(H,25,28)/t22-/m1/s1. The SMILES string of the molecule is COc1cccc(-n2cnnc2SCC(=O)N[C@H](c2ccc(C)cc2)c2cccs2)c1. The van der Waals surface area contributed by atoms with Crippen molar-refractivity contribution in [1.82, 2.24) is 20.1 Å². The number of hydrogen-bond donors (Lipinski definition) is 1. The molecule has 4 rings (SSSR count). The average Bonchev–Trinajstić information content (AvgIpc) is 3.49.